The fourth-order valence-electron chi connectivity index (χ4n) is 5.03. The highest BCUT2D eigenvalue weighted by Crippen LogP contribution is 2.58. The van der Waals surface area contributed by atoms with Crippen molar-refractivity contribution in [1.29, 1.82) is 0 Å². The number of rotatable bonds is 5. The Morgan fingerprint density at radius 2 is 0.818 bits per heavy atom. The zero-order valence-corrected chi connectivity index (χ0v) is 17.4. The van der Waals surface area contributed by atoms with E-state index in [9.17, 15) is 0 Å². The first kappa shape index (κ1) is 17.4. The molecule has 6 aliphatic carbocycles. The molecular formula is C16H24Cl2S4. The van der Waals surface area contributed by atoms with Gasteiger partial charge in [0.05, 0.1) is 0 Å². The van der Waals surface area contributed by atoms with E-state index in [1.807, 2.05) is 19.7 Å². The molecule has 0 aliphatic heterocycles. The number of halogens is 2. The van der Waals surface area contributed by atoms with Gasteiger partial charge in [0.25, 0.3) is 0 Å². The second kappa shape index (κ2) is 7.70. The third kappa shape index (κ3) is 3.45. The third-order valence-electron chi connectivity index (χ3n) is 6.42. The van der Waals surface area contributed by atoms with Gasteiger partial charge < -0.3 is 0 Å². The van der Waals surface area contributed by atoms with E-state index in [-0.39, 0.29) is 0 Å². The summed E-state index contributed by atoms with van der Waals surface area (Å²) in [6, 6.07) is 0. The molecule has 0 unspecified atom stereocenters. The summed E-state index contributed by atoms with van der Waals surface area (Å²) >= 11 is 13.4. The lowest BCUT2D eigenvalue weighted by atomic mass is 9.70. The summed E-state index contributed by atoms with van der Waals surface area (Å²) in [6.07, 6.45) is 11.2. The molecule has 0 radical (unpaired) electrons. The van der Waals surface area contributed by atoms with Crippen molar-refractivity contribution in [3.05, 3.63) is 0 Å². The summed E-state index contributed by atoms with van der Waals surface area (Å²) in [5, 5.41) is 2.20. The van der Waals surface area contributed by atoms with Crippen LogP contribution in [0.1, 0.15) is 51.4 Å². The molecule has 0 amide bonds. The first-order chi connectivity index (χ1) is 10.7. The van der Waals surface area contributed by atoms with Crippen LogP contribution < -0.4 is 0 Å². The van der Waals surface area contributed by atoms with E-state index in [2.05, 4.69) is 21.6 Å². The van der Waals surface area contributed by atoms with E-state index in [0.29, 0.717) is 21.3 Å². The Hall–Kier alpha value is 1.98. The van der Waals surface area contributed by atoms with Gasteiger partial charge in [-0.05, 0) is 94.7 Å². The third-order valence-corrected chi connectivity index (χ3v) is 15.4. The molecule has 0 aromatic carbocycles. The average molecular weight is 416 g/mol. The van der Waals surface area contributed by atoms with E-state index in [1.54, 1.807) is 0 Å². The molecule has 6 fully saturated rings. The highest BCUT2D eigenvalue weighted by molar-refractivity contribution is 9.26. The Morgan fingerprint density at radius 3 is 1.14 bits per heavy atom. The van der Waals surface area contributed by atoms with Crippen molar-refractivity contribution in [2.45, 2.75) is 72.6 Å². The van der Waals surface area contributed by atoms with E-state index >= 15 is 0 Å². The molecule has 0 nitrogen and oxygen atoms in total. The van der Waals surface area contributed by atoms with E-state index < -0.39 is 0 Å². The molecule has 6 rings (SSSR count). The molecule has 126 valence electrons. The summed E-state index contributed by atoms with van der Waals surface area (Å²) in [5.74, 6) is 3.34. The van der Waals surface area contributed by atoms with Gasteiger partial charge in [-0.3, -0.25) is 0 Å². The van der Waals surface area contributed by atoms with Gasteiger partial charge in [-0.2, -0.15) is 0 Å². The SMILES string of the molecule is Cl[C@@H]1C2CCC(CC2)[C@H]1SSSS[C@H]1C2CCC(CC2)[C@@H]1Cl. The Morgan fingerprint density at radius 1 is 0.500 bits per heavy atom. The van der Waals surface area contributed by atoms with E-state index in [0.717, 1.165) is 23.7 Å². The minimum absolute atomic E-state index is 0.419. The predicted octanol–water partition coefficient (Wildman–Crippen LogP) is 7.26. The van der Waals surface area contributed by atoms with Gasteiger partial charge in [0, 0.05) is 21.3 Å². The maximum atomic E-state index is 6.71. The Kier molecular flexibility index (Phi) is 6.09. The number of alkyl halides is 2. The van der Waals surface area contributed by atoms with Gasteiger partial charge in [-0.15, -0.1) is 23.2 Å². The van der Waals surface area contributed by atoms with Crippen LogP contribution in [0.3, 0.4) is 0 Å². The second-order valence-corrected chi connectivity index (χ2v) is 14.7. The maximum Gasteiger partial charge on any atom is 0.0494 e. The summed E-state index contributed by atoms with van der Waals surface area (Å²) in [4.78, 5) is 0. The first-order valence-electron chi connectivity index (χ1n) is 8.67. The van der Waals surface area contributed by atoms with Crippen molar-refractivity contribution in [2.24, 2.45) is 23.7 Å². The highest BCUT2D eigenvalue weighted by atomic mass is 35.5. The van der Waals surface area contributed by atoms with Gasteiger partial charge in [-0.25, -0.2) is 0 Å². The van der Waals surface area contributed by atoms with Crippen LogP contribution in [-0.2, 0) is 0 Å². The molecule has 4 bridgehead atoms. The fraction of sp³-hybridized carbons (Fsp3) is 1.00. The van der Waals surface area contributed by atoms with Gasteiger partial charge in [0.1, 0.15) is 0 Å². The van der Waals surface area contributed by atoms with Crippen LogP contribution in [0.2, 0.25) is 0 Å². The highest BCUT2D eigenvalue weighted by Gasteiger charge is 2.44. The lowest BCUT2D eigenvalue weighted by molar-refractivity contribution is 0.190. The van der Waals surface area contributed by atoms with Crippen molar-refractivity contribution in [3.8, 4) is 0 Å². The van der Waals surface area contributed by atoms with Crippen LogP contribution in [-0.4, -0.2) is 21.3 Å². The van der Waals surface area contributed by atoms with Crippen LogP contribution >= 0.6 is 64.4 Å². The lowest BCUT2D eigenvalue weighted by Crippen LogP contribution is -2.42. The Balaban J connectivity index is 1.23. The molecule has 6 heteroatoms. The molecule has 6 aliphatic rings. The van der Waals surface area contributed by atoms with Crippen molar-refractivity contribution in [3.63, 3.8) is 0 Å². The van der Waals surface area contributed by atoms with Crippen molar-refractivity contribution in [2.75, 3.05) is 0 Å². The van der Waals surface area contributed by atoms with Gasteiger partial charge in [0.2, 0.25) is 0 Å². The van der Waals surface area contributed by atoms with Gasteiger partial charge in [0.15, 0.2) is 0 Å². The molecule has 4 atom stereocenters. The minimum atomic E-state index is 0.419. The molecule has 0 spiro atoms. The van der Waals surface area contributed by atoms with Crippen LogP contribution in [0.25, 0.3) is 0 Å². The van der Waals surface area contributed by atoms with Gasteiger partial charge >= 0.3 is 0 Å². The number of fused-ring (bicyclic) bond motifs is 6. The molecule has 0 N–H and O–H groups in total. The van der Waals surface area contributed by atoms with E-state index in [4.69, 9.17) is 23.2 Å². The molecule has 22 heavy (non-hydrogen) atoms. The molecule has 0 aromatic heterocycles. The predicted molar refractivity (Wildman–Crippen MR) is 108 cm³/mol. The quantitative estimate of drug-likeness (QED) is 0.263. The van der Waals surface area contributed by atoms with Crippen LogP contribution in [0, 0.1) is 23.7 Å². The Bertz CT molecular complexity index is 340. The summed E-state index contributed by atoms with van der Waals surface area (Å²) in [6.45, 7) is 0. The molecule has 0 saturated heterocycles. The maximum absolute atomic E-state index is 6.71. The van der Waals surface area contributed by atoms with Crippen LogP contribution in [0.4, 0.5) is 0 Å². The topological polar surface area (TPSA) is 0 Å². The zero-order valence-electron chi connectivity index (χ0n) is 12.7. The lowest BCUT2D eigenvalue weighted by Gasteiger charge is -2.46. The fourth-order valence-corrected chi connectivity index (χ4v) is 14.7. The summed E-state index contributed by atoms with van der Waals surface area (Å²) in [7, 11) is 8.08. The number of hydrogen-bond acceptors (Lipinski definition) is 4. The van der Waals surface area contributed by atoms with Crippen LogP contribution in [0.15, 0.2) is 0 Å². The van der Waals surface area contributed by atoms with Crippen molar-refractivity contribution < 1.29 is 0 Å². The normalized spacial score (nSPS) is 50.5. The van der Waals surface area contributed by atoms with Gasteiger partial charge in [-0.1, -0.05) is 21.6 Å². The Labute approximate surface area is 159 Å². The van der Waals surface area contributed by atoms with Crippen molar-refractivity contribution in [1.82, 2.24) is 0 Å². The molecule has 0 aromatic rings. The largest absolute Gasteiger partial charge is 0.121 e. The average Bonchev–Trinajstić information content (AvgIpc) is 2.57. The zero-order chi connectivity index (χ0) is 15.1. The molecule has 6 saturated carbocycles. The number of hydrogen-bond donors (Lipinski definition) is 0. The van der Waals surface area contributed by atoms with Crippen molar-refractivity contribution >= 4 is 64.4 Å². The summed E-state index contributed by atoms with van der Waals surface area (Å²) in [5.41, 5.74) is 0. The first-order valence-corrected chi connectivity index (χ1v) is 14.5. The second-order valence-electron chi connectivity index (χ2n) is 7.50. The minimum Gasteiger partial charge on any atom is -0.121 e. The summed E-state index contributed by atoms with van der Waals surface area (Å²) < 4.78 is 0. The monoisotopic (exact) mass is 414 g/mol. The molecule has 0 heterocycles. The standard InChI is InChI=1S/C16H24Cl2S4/c17-13-9-1-5-11(6-2-9)15(13)19-21-22-20-16-12-7-3-10(4-8-12)14(16)18/h9-16H,1-8H2/t9?,10?,11?,12?,13-,14+,15-,16+. The smallest absolute Gasteiger partial charge is 0.0494 e. The van der Waals surface area contributed by atoms with Crippen LogP contribution in [0.5, 0.6) is 0 Å². The molecular weight excluding hydrogens is 391 g/mol. The van der Waals surface area contributed by atoms with E-state index in [1.165, 1.54) is 51.4 Å².